The van der Waals surface area contributed by atoms with Crippen LogP contribution in [0.3, 0.4) is 0 Å². The van der Waals surface area contributed by atoms with Gasteiger partial charge in [0.15, 0.2) is 29.8 Å². The van der Waals surface area contributed by atoms with Crippen LogP contribution in [0.2, 0.25) is 0 Å². The molecule has 2 aromatic heterocycles. The zero-order chi connectivity index (χ0) is 25.8. The molecule has 1 saturated heterocycles. The molecule has 3 amide bonds. The second-order valence-electron chi connectivity index (χ2n) is 8.04. The van der Waals surface area contributed by atoms with Gasteiger partial charge in [0.1, 0.15) is 23.2 Å². The van der Waals surface area contributed by atoms with Crippen molar-refractivity contribution in [1.82, 2.24) is 15.2 Å². The molecule has 0 spiro atoms. The van der Waals surface area contributed by atoms with Crippen molar-refractivity contribution in [3.8, 4) is 0 Å². The van der Waals surface area contributed by atoms with Gasteiger partial charge in [-0.05, 0) is 13.8 Å². The quantitative estimate of drug-likeness (QED) is 0.133. The summed E-state index contributed by atoms with van der Waals surface area (Å²) in [6, 6.07) is 4.51. The number of pyridine rings is 1. The summed E-state index contributed by atoms with van der Waals surface area (Å²) >= 11 is 2.43. The van der Waals surface area contributed by atoms with E-state index >= 15 is 0 Å². The summed E-state index contributed by atoms with van der Waals surface area (Å²) < 4.78 is 1.81. The normalized spacial score (nSPS) is 19.5. The Kier molecular flexibility index (Phi) is 7.64. The van der Waals surface area contributed by atoms with E-state index in [2.05, 4.69) is 20.8 Å². The molecule has 2 aliphatic rings. The summed E-state index contributed by atoms with van der Waals surface area (Å²) in [5.41, 5.74) is 0.338. The second-order valence-corrected chi connectivity index (χ2v) is 10.0. The SMILES string of the molecule is CC(C)ON=C(C(=O)NC1C(=O)N2C(C(=O)[O-])=C(C[n+]3ccccc3)CS[C@@H]12)c1csc(NC=O)n1. The Labute approximate surface area is 214 Å². The van der Waals surface area contributed by atoms with Crippen molar-refractivity contribution in [1.29, 1.82) is 0 Å². The molecule has 1 fully saturated rings. The first kappa shape index (κ1) is 25.3. The van der Waals surface area contributed by atoms with Crippen molar-refractivity contribution >= 4 is 58.1 Å². The minimum absolute atomic E-state index is 0.153. The number of carbonyl (C=O) groups excluding carboxylic acids is 4. The number of aliphatic carboxylic acids is 1. The maximum absolute atomic E-state index is 13.1. The number of nitrogens with one attached hydrogen (secondary N) is 2. The van der Waals surface area contributed by atoms with Gasteiger partial charge in [-0.2, -0.15) is 0 Å². The van der Waals surface area contributed by atoms with Crippen LogP contribution in [-0.4, -0.2) is 63.1 Å². The zero-order valence-corrected chi connectivity index (χ0v) is 20.9. The van der Waals surface area contributed by atoms with Crippen LogP contribution in [0, 0.1) is 0 Å². The molecule has 2 aliphatic heterocycles. The van der Waals surface area contributed by atoms with E-state index in [1.165, 1.54) is 17.1 Å². The summed E-state index contributed by atoms with van der Waals surface area (Å²) in [5, 5.41) is 22.0. The fourth-order valence-corrected chi connectivity index (χ4v) is 5.61. The van der Waals surface area contributed by atoms with Gasteiger partial charge in [0.2, 0.25) is 6.41 Å². The number of thiazole rings is 1. The fraction of sp³-hybridized carbons (Fsp3) is 0.318. The average Bonchev–Trinajstić information content (AvgIpc) is 3.31. The number of hydrogen-bond donors (Lipinski definition) is 2. The third kappa shape index (κ3) is 5.23. The lowest BCUT2D eigenvalue weighted by atomic mass is 10.0. The largest absolute Gasteiger partial charge is 0.543 e. The molecule has 0 saturated carbocycles. The fourth-order valence-electron chi connectivity index (χ4n) is 3.62. The highest BCUT2D eigenvalue weighted by molar-refractivity contribution is 8.00. The number of anilines is 1. The molecule has 0 bridgehead atoms. The average molecular weight is 531 g/mol. The zero-order valence-electron chi connectivity index (χ0n) is 19.2. The maximum atomic E-state index is 13.1. The first-order chi connectivity index (χ1) is 17.3. The standard InChI is InChI=1S/C22H22N6O6S2/c1-12(2)34-26-15(14-10-36-22(24-14)23-11-29)18(30)25-16-19(31)28-17(21(32)33)13(9-35-20(16)28)8-27-6-4-3-5-7-27/h3-7,10-12,16,20H,8-9H2,1-2H3,(H2-,23,24,25,29,30,32,33)/t16?,20-/m0/s1. The molecule has 2 aromatic rings. The van der Waals surface area contributed by atoms with E-state index in [9.17, 15) is 24.3 Å². The number of carbonyl (C=O) groups is 4. The van der Waals surface area contributed by atoms with Gasteiger partial charge < -0.3 is 25.4 Å². The third-order valence-corrected chi connectivity index (χ3v) is 7.29. The highest BCUT2D eigenvalue weighted by Crippen LogP contribution is 2.40. The van der Waals surface area contributed by atoms with Crippen molar-refractivity contribution in [2.75, 3.05) is 11.1 Å². The predicted octanol–water partition coefficient (Wildman–Crippen LogP) is -0.768. The molecule has 36 heavy (non-hydrogen) atoms. The molecule has 0 aliphatic carbocycles. The predicted molar refractivity (Wildman–Crippen MR) is 128 cm³/mol. The van der Waals surface area contributed by atoms with Crippen molar-refractivity contribution < 1.29 is 33.7 Å². The van der Waals surface area contributed by atoms with Gasteiger partial charge in [-0.15, -0.1) is 23.1 Å². The number of β-lactam (4-membered cyclic amide) rings is 1. The van der Waals surface area contributed by atoms with Gasteiger partial charge in [-0.3, -0.25) is 19.3 Å². The van der Waals surface area contributed by atoms with E-state index in [0.717, 1.165) is 16.2 Å². The van der Waals surface area contributed by atoms with Gasteiger partial charge in [-0.1, -0.05) is 11.2 Å². The summed E-state index contributed by atoms with van der Waals surface area (Å²) in [6.07, 6.45) is 3.72. The van der Waals surface area contributed by atoms with Gasteiger partial charge in [0.05, 0.1) is 11.7 Å². The van der Waals surface area contributed by atoms with E-state index in [1.54, 1.807) is 26.2 Å². The molecule has 2 N–H and O–H groups in total. The maximum Gasteiger partial charge on any atom is 0.276 e. The van der Waals surface area contributed by atoms with Crippen LogP contribution in [0.15, 0.2) is 52.4 Å². The van der Waals surface area contributed by atoms with Crippen molar-refractivity contribution in [2.24, 2.45) is 5.16 Å². The van der Waals surface area contributed by atoms with Crippen LogP contribution in [0.25, 0.3) is 0 Å². The molecule has 188 valence electrons. The molecule has 4 rings (SSSR count). The Morgan fingerprint density at radius 2 is 2.11 bits per heavy atom. The number of oxime groups is 1. The van der Waals surface area contributed by atoms with Crippen molar-refractivity contribution in [2.45, 2.75) is 37.9 Å². The summed E-state index contributed by atoms with van der Waals surface area (Å²) in [4.78, 5) is 59.3. The Morgan fingerprint density at radius 3 is 2.78 bits per heavy atom. The lowest BCUT2D eigenvalue weighted by Gasteiger charge is -2.50. The molecule has 4 heterocycles. The van der Waals surface area contributed by atoms with E-state index in [4.69, 9.17) is 4.84 Å². The third-order valence-electron chi connectivity index (χ3n) is 5.18. The number of aromatic nitrogens is 2. The number of fused-ring (bicyclic) bond motifs is 1. The van der Waals surface area contributed by atoms with Gasteiger partial charge in [0.25, 0.3) is 11.8 Å². The first-order valence-corrected chi connectivity index (χ1v) is 12.8. The molecular weight excluding hydrogens is 508 g/mol. The first-order valence-electron chi connectivity index (χ1n) is 10.8. The summed E-state index contributed by atoms with van der Waals surface area (Å²) in [5.74, 6) is -2.39. The van der Waals surface area contributed by atoms with E-state index in [0.29, 0.717) is 17.7 Å². The molecule has 14 heteroatoms. The van der Waals surface area contributed by atoms with Crippen LogP contribution in [0.1, 0.15) is 19.5 Å². The minimum atomic E-state index is -1.45. The number of carboxylic acid groups (broad SMARTS) is 1. The minimum Gasteiger partial charge on any atom is -0.543 e. The second kappa shape index (κ2) is 10.9. The molecule has 2 atom stereocenters. The van der Waals surface area contributed by atoms with Crippen LogP contribution >= 0.6 is 23.1 Å². The topological polar surface area (TPSA) is 157 Å². The molecule has 0 aromatic carbocycles. The van der Waals surface area contributed by atoms with E-state index < -0.39 is 29.2 Å². The highest BCUT2D eigenvalue weighted by atomic mass is 32.2. The number of hydrogen-bond acceptors (Lipinski definition) is 10. The number of nitrogens with zero attached hydrogens (tertiary/aromatic N) is 4. The Bertz CT molecular complexity index is 1240. The number of carboxylic acids is 1. The Hall–Kier alpha value is -3.78. The molecular formula is C22H22N6O6S2. The molecule has 1 unspecified atom stereocenters. The van der Waals surface area contributed by atoms with E-state index in [1.807, 2.05) is 22.8 Å². The Balaban J connectivity index is 1.53. The van der Waals surface area contributed by atoms with Gasteiger partial charge in [-0.25, -0.2) is 9.55 Å². The van der Waals surface area contributed by atoms with Crippen LogP contribution in [-0.2, 0) is 30.6 Å². The summed E-state index contributed by atoms with van der Waals surface area (Å²) in [7, 11) is 0. The monoisotopic (exact) mass is 530 g/mol. The van der Waals surface area contributed by atoms with Crippen LogP contribution < -0.4 is 20.3 Å². The smallest absolute Gasteiger partial charge is 0.276 e. The summed E-state index contributed by atoms with van der Waals surface area (Å²) in [6.45, 7) is 3.74. The number of rotatable bonds is 10. The Morgan fingerprint density at radius 1 is 1.36 bits per heavy atom. The van der Waals surface area contributed by atoms with Gasteiger partial charge in [0, 0.05) is 28.8 Å². The van der Waals surface area contributed by atoms with Gasteiger partial charge >= 0.3 is 0 Å². The van der Waals surface area contributed by atoms with E-state index in [-0.39, 0.29) is 34.9 Å². The van der Waals surface area contributed by atoms with Crippen molar-refractivity contribution in [3.63, 3.8) is 0 Å². The lowest BCUT2D eigenvalue weighted by molar-refractivity contribution is -0.689. The van der Waals surface area contributed by atoms with Crippen molar-refractivity contribution in [3.05, 3.63) is 52.9 Å². The van der Waals surface area contributed by atoms with Crippen LogP contribution in [0.4, 0.5) is 5.13 Å². The highest BCUT2D eigenvalue weighted by Gasteiger charge is 2.53. The molecule has 12 nitrogen and oxygen atoms in total. The number of amides is 3. The number of thioether (sulfide) groups is 1. The molecule has 0 radical (unpaired) electrons. The van der Waals surface area contributed by atoms with Crippen LogP contribution in [0.5, 0.6) is 0 Å². The lowest BCUT2D eigenvalue weighted by Crippen LogP contribution is -2.71.